The van der Waals surface area contributed by atoms with E-state index in [0.717, 1.165) is 45.2 Å². The molecule has 0 aromatic heterocycles. The number of alkyl carbamates (subject to hydrolysis) is 1. The van der Waals surface area contributed by atoms with Crippen molar-refractivity contribution in [3.63, 3.8) is 0 Å². The predicted molar refractivity (Wildman–Crippen MR) is 89.2 cm³/mol. The van der Waals surface area contributed by atoms with Crippen LogP contribution in [0.15, 0.2) is 0 Å². The van der Waals surface area contributed by atoms with Crippen LogP contribution in [0.1, 0.15) is 59.8 Å². The molecule has 0 spiro atoms. The van der Waals surface area contributed by atoms with Gasteiger partial charge >= 0.3 is 6.09 Å². The van der Waals surface area contributed by atoms with Gasteiger partial charge in [-0.3, -0.25) is 4.79 Å². The van der Waals surface area contributed by atoms with Crippen LogP contribution in [0.25, 0.3) is 0 Å². The zero-order chi connectivity index (χ0) is 17.0. The maximum absolute atomic E-state index is 11.8. The van der Waals surface area contributed by atoms with Gasteiger partial charge in [-0.25, -0.2) is 4.79 Å². The average Bonchev–Trinajstić information content (AvgIpc) is 2.84. The summed E-state index contributed by atoms with van der Waals surface area (Å²) in [5.74, 6) is 0.172. The van der Waals surface area contributed by atoms with Crippen LogP contribution >= 0.6 is 0 Å². The summed E-state index contributed by atoms with van der Waals surface area (Å²) in [5.41, 5.74) is -0.453. The van der Waals surface area contributed by atoms with E-state index in [4.69, 9.17) is 4.74 Å². The topological polar surface area (TPSA) is 70.7 Å². The standard InChI is InChI=1S/C17H31N3O3/c1-12(21)20-9-7-13(8-10-20)18-14-5-6-15(11-14)19-16(22)23-17(2,3)4/h13-15,18H,5-11H2,1-4H3,(H,19,22). The van der Waals surface area contributed by atoms with Gasteiger partial charge < -0.3 is 20.3 Å². The summed E-state index contributed by atoms with van der Waals surface area (Å²) in [4.78, 5) is 25.1. The fraction of sp³-hybridized carbons (Fsp3) is 0.882. The van der Waals surface area contributed by atoms with E-state index in [1.807, 2.05) is 25.7 Å². The van der Waals surface area contributed by atoms with Crippen molar-refractivity contribution in [3.05, 3.63) is 0 Å². The molecule has 0 radical (unpaired) electrons. The molecule has 1 saturated carbocycles. The summed E-state index contributed by atoms with van der Waals surface area (Å²) in [7, 11) is 0. The average molecular weight is 325 g/mol. The van der Waals surface area contributed by atoms with Gasteiger partial charge in [0.2, 0.25) is 5.91 Å². The minimum absolute atomic E-state index is 0.172. The number of carbonyl (C=O) groups is 2. The van der Waals surface area contributed by atoms with Crippen LogP contribution in [0.3, 0.4) is 0 Å². The Balaban J connectivity index is 1.68. The minimum Gasteiger partial charge on any atom is -0.444 e. The molecule has 23 heavy (non-hydrogen) atoms. The Morgan fingerprint density at radius 1 is 1.00 bits per heavy atom. The van der Waals surface area contributed by atoms with E-state index >= 15 is 0 Å². The van der Waals surface area contributed by atoms with Gasteiger partial charge in [0.25, 0.3) is 0 Å². The maximum Gasteiger partial charge on any atom is 0.407 e. The van der Waals surface area contributed by atoms with Crippen molar-refractivity contribution in [2.45, 2.75) is 83.5 Å². The van der Waals surface area contributed by atoms with Gasteiger partial charge in [0.15, 0.2) is 0 Å². The van der Waals surface area contributed by atoms with Crippen molar-refractivity contribution in [1.29, 1.82) is 0 Å². The molecule has 2 N–H and O–H groups in total. The lowest BCUT2D eigenvalue weighted by molar-refractivity contribution is -0.129. The summed E-state index contributed by atoms with van der Waals surface area (Å²) in [6.45, 7) is 8.95. The number of hydrogen-bond acceptors (Lipinski definition) is 4. The highest BCUT2D eigenvalue weighted by Gasteiger charge is 2.30. The molecule has 2 aliphatic rings. The largest absolute Gasteiger partial charge is 0.444 e. The lowest BCUT2D eigenvalue weighted by Crippen LogP contribution is -2.47. The van der Waals surface area contributed by atoms with Crippen molar-refractivity contribution < 1.29 is 14.3 Å². The molecule has 2 unspecified atom stereocenters. The van der Waals surface area contributed by atoms with Gasteiger partial charge in [-0.1, -0.05) is 0 Å². The second kappa shape index (κ2) is 7.51. The third-order valence-corrected chi connectivity index (χ3v) is 4.57. The summed E-state index contributed by atoms with van der Waals surface area (Å²) in [5, 5.41) is 6.67. The van der Waals surface area contributed by atoms with Gasteiger partial charge in [-0.05, 0) is 52.9 Å². The third-order valence-electron chi connectivity index (χ3n) is 4.57. The first-order chi connectivity index (χ1) is 10.7. The van der Waals surface area contributed by atoms with Crippen molar-refractivity contribution in [2.24, 2.45) is 0 Å². The van der Waals surface area contributed by atoms with E-state index < -0.39 is 5.60 Å². The summed E-state index contributed by atoms with van der Waals surface area (Å²) >= 11 is 0. The number of nitrogens with one attached hydrogen (secondary N) is 2. The van der Waals surface area contributed by atoms with E-state index in [0.29, 0.717) is 12.1 Å². The molecular formula is C17H31N3O3. The predicted octanol–water partition coefficient (Wildman–Crippen LogP) is 2.03. The second-order valence-corrected chi connectivity index (χ2v) is 7.80. The molecule has 2 fully saturated rings. The highest BCUT2D eigenvalue weighted by molar-refractivity contribution is 5.73. The molecule has 0 aromatic rings. The zero-order valence-electron chi connectivity index (χ0n) is 14.9. The Kier molecular flexibility index (Phi) is 5.89. The highest BCUT2D eigenvalue weighted by Crippen LogP contribution is 2.22. The molecule has 6 nitrogen and oxygen atoms in total. The van der Waals surface area contributed by atoms with Gasteiger partial charge in [0.1, 0.15) is 5.60 Å². The maximum atomic E-state index is 11.8. The number of hydrogen-bond donors (Lipinski definition) is 2. The number of rotatable bonds is 3. The molecule has 1 heterocycles. The van der Waals surface area contributed by atoms with E-state index in [9.17, 15) is 9.59 Å². The van der Waals surface area contributed by atoms with Crippen molar-refractivity contribution in [1.82, 2.24) is 15.5 Å². The Hall–Kier alpha value is -1.30. The molecule has 0 aromatic carbocycles. The van der Waals surface area contributed by atoms with Crippen LogP contribution < -0.4 is 10.6 Å². The number of carbonyl (C=O) groups excluding carboxylic acids is 2. The Morgan fingerprint density at radius 2 is 1.61 bits per heavy atom. The fourth-order valence-electron chi connectivity index (χ4n) is 3.43. The summed E-state index contributed by atoms with van der Waals surface area (Å²) < 4.78 is 5.31. The molecule has 1 saturated heterocycles. The van der Waals surface area contributed by atoms with Crippen LogP contribution in [0.2, 0.25) is 0 Å². The van der Waals surface area contributed by atoms with Crippen LogP contribution in [-0.2, 0) is 9.53 Å². The number of piperidine rings is 1. The first-order valence-electron chi connectivity index (χ1n) is 8.74. The number of nitrogens with zero attached hydrogens (tertiary/aromatic N) is 1. The van der Waals surface area contributed by atoms with Gasteiger partial charge in [-0.15, -0.1) is 0 Å². The monoisotopic (exact) mass is 325 g/mol. The number of ether oxygens (including phenoxy) is 1. The molecule has 132 valence electrons. The van der Waals surface area contributed by atoms with Crippen molar-refractivity contribution >= 4 is 12.0 Å². The second-order valence-electron chi connectivity index (χ2n) is 7.80. The van der Waals surface area contributed by atoms with Gasteiger partial charge in [0, 0.05) is 38.1 Å². The van der Waals surface area contributed by atoms with E-state index in [2.05, 4.69) is 10.6 Å². The quantitative estimate of drug-likeness (QED) is 0.833. The lowest BCUT2D eigenvalue weighted by Gasteiger charge is -2.33. The third kappa shape index (κ3) is 6.01. The number of amides is 2. The van der Waals surface area contributed by atoms with Gasteiger partial charge in [0.05, 0.1) is 0 Å². The molecule has 1 aliphatic heterocycles. The highest BCUT2D eigenvalue weighted by atomic mass is 16.6. The SMILES string of the molecule is CC(=O)N1CCC(NC2CCC(NC(=O)OC(C)(C)C)C2)CC1. The smallest absolute Gasteiger partial charge is 0.407 e. The fourth-order valence-corrected chi connectivity index (χ4v) is 3.43. The van der Waals surface area contributed by atoms with E-state index in [1.54, 1.807) is 6.92 Å². The van der Waals surface area contributed by atoms with Crippen LogP contribution in [-0.4, -0.2) is 53.7 Å². The van der Waals surface area contributed by atoms with Crippen LogP contribution in [0, 0.1) is 0 Å². The van der Waals surface area contributed by atoms with Crippen LogP contribution in [0.4, 0.5) is 4.79 Å². The van der Waals surface area contributed by atoms with Gasteiger partial charge in [-0.2, -0.15) is 0 Å². The molecule has 2 atom stereocenters. The summed E-state index contributed by atoms with van der Waals surface area (Å²) in [6, 6.07) is 1.12. The van der Waals surface area contributed by atoms with Crippen molar-refractivity contribution in [2.75, 3.05) is 13.1 Å². The van der Waals surface area contributed by atoms with E-state index in [1.165, 1.54) is 0 Å². The molecule has 1 aliphatic carbocycles. The zero-order valence-corrected chi connectivity index (χ0v) is 14.9. The molecule has 6 heteroatoms. The molecule has 2 amide bonds. The molecular weight excluding hydrogens is 294 g/mol. The Bertz CT molecular complexity index is 425. The summed E-state index contributed by atoms with van der Waals surface area (Å²) in [6.07, 6.45) is 4.72. The van der Waals surface area contributed by atoms with Crippen LogP contribution in [0.5, 0.6) is 0 Å². The first-order valence-corrected chi connectivity index (χ1v) is 8.74. The number of likely N-dealkylation sites (tertiary alicyclic amines) is 1. The first kappa shape index (κ1) is 18.0. The van der Waals surface area contributed by atoms with Crippen molar-refractivity contribution in [3.8, 4) is 0 Å². The molecule has 2 rings (SSSR count). The Labute approximate surface area is 139 Å². The molecule has 0 bridgehead atoms. The van der Waals surface area contributed by atoms with E-state index in [-0.39, 0.29) is 18.0 Å². The Morgan fingerprint density at radius 3 is 2.17 bits per heavy atom. The lowest BCUT2D eigenvalue weighted by atomic mass is 10.0. The minimum atomic E-state index is -0.453. The normalized spacial score (nSPS) is 26.2.